The maximum Gasteiger partial charge on any atom is 1.00 e. The third-order valence-corrected chi connectivity index (χ3v) is 12.9. The minimum absolute atomic E-state index is 0. The van der Waals surface area contributed by atoms with Crippen LogP contribution in [0.2, 0.25) is 0 Å². The second kappa shape index (κ2) is 40.8. The molecule has 0 spiro atoms. The molecule has 0 N–H and O–H groups in total. The molecule has 110 heavy (non-hydrogen) atoms. The normalized spacial score (nSPS) is 12.3. The molecule has 568 valence electrons. The van der Waals surface area contributed by atoms with E-state index in [2.05, 4.69) is 39.9 Å². The Hall–Kier alpha value is -12.1. The molecular formula is C76H58Ag2F12N18P2. The predicted molar refractivity (Wildman–Crippen MR) is 398 cm³/mol. The van der Waals surface area contributed by atoms with Crippen LogP contribution in [-0.4, -0.2) is 85.6 Å². The summed E-state index contributed by atoms with van der Waals surface area (Å²) >= 11 is 0. The molecule has 4 aromatic carbocycles. The number of rotatable bonds is 18. The summed E-state index contributed by atoms with van der Waals surface area (Å²) in [4.78, 5) is 36.2. The molecule has 0 aliphatic carbocycles. The summed E-state index contributed by atoms with van der Waals surface area (Å²) in [5.41, 5.74) is 12.6. The maximum atomic E-state index is 9.87. The van der Waals surface area contributed by atoms with Crippen molar-refractivity contribution in [3.05, 3.63) is 384 Å². The first-order valence-electron chi connectivity index (χ1n) is 31.4. The molecule has 0 unspecified atom stereocenters. The van der Waals surface area contributed by atoms with Crippen molar-refractivity contribution in [1.29, 1.82) is 10.5 Å². The van der Waals surface area contributed by atoms with Gasteiger partial charge in [-0.3, -0.25) is 39.9 Å². The molecule has 12 rings (SSSR count). The Morgan fingerprint density at radius 1 is 0.227 bits per heavy atom. The summed E-state index contributed by atoms with van der Waals surface area (Å²) in [5, 5.41) is 53.0. The van der Waals surface area contributed by atoms with E-state index in [0.29, 0.717) is 91.2 Å². The van der Waals surface area contributed by atoms with Crippen LogP contribution in [0.3, 0.4) is 0 Å². The average molecular weight is 1730 g/mol. The van der Waals surface area contributed by atoms with Gasteiger partial charge in [0.05, 0.1) is 57.7 Å². The number of nitrogens with zero attached hydrogens (tertiary/aromatic N) is 18. The van der Waals surface area contributed by atoms with Gasteiger partial charge >= 0.3 is 111 Å². The molecule has 0 atom stereocenters. The number of hydrogen-bond acceptors (Lipinski definition) is 18. The molecule has 0 bridgehead atoms. The molecule has 34 heteroatoms. The van der Waals surface area contributed by atoms with Crippen molar-refractivity contribution in [2.45, 2.75) is 13.8 Å². The van der Waals surface area contributed by atoms with Crippen molar-refractivity contribution in [3.8, 4) is 12.1 Å². The van der Waals surface area contributed by atoms with Gasteiger partial charge in [-0.25, -0.2) is 0 Å². The van der Waals surface area contributed by atoms with E-state index in [1.165, 1.54) is 13.8 Å². The first-order chi connectivity index (χ1) is 51.5. The zero-order chi connectivity index (χ0) is 77.9. The second-order valence-electron chi connectivity index (χ2n) is 21.1. The van der Waals surface area contributed by atoms with Crippen molar-refractivity contribution in [2.24, 2.45) is 40.8 Å². The van der Waals surface area contributed by atoms with E-state index < -0.39 is 15.6 Å². The van der Waals surface area contributed by atoms with Gasteiger partial charge in [0.15, 0.2) is 0 Å². The van der Waals surface area contributed by atoms with Gasteiger partial charge in [0, 0.05) is 85.7 Å². The Balaban J connectivity index is 0.000000311. The predicted octanol–water partition coefficient (Wildman–Crippen LogP) is 20.7. The van der Waals surface area contributed by atoms with Crippen LogP contribution in [0, 0.1) is 22.7 Å². The number of pyridine rings is 8. The van der Waals surface area contributed by atoms with Crippen LogP contribution in [-0.2, 0) is 44.8 Å². The van der Waals surface area contributed by atoms with Crippen molar-refractivity contribution in [3.63, 3.8) is 0 Å². The zero-order valence-electron chi connectivity index (χ0n) is 57.1. The van der Waals surface area contributed by atoms with Gasteiger partial charge in [-0.15, -0.1) is 40.8 Å². The smallest absolute Gasteiger partial charge is 0.254 e. The molecule has 0 radical (unpaired) electrons. The minimum atomic E-state index is -10.7. The summed E-state index contributed by atoms with van der Waals surface area (Å²) < 4.78 is 118. The molecule has 0 amide bonds. The monoisotopic (exact) mass is 1730 g/mol. The third kappa shape index (κ3) is 33.8. The van der Waals surface area contributed by atoms with Gasteiger partial charge in [-0.1, -0.05) is 170 Å². The Kier molecular flexibility index (Phi) is 32.8. The molecular weight excluding hydrogens is 1670 g/mol. The van der Waals surface area contributed by atoms with E-state index in [1.54, 1.807) is 61.7 Å². The van der Waals surface area contributed by atoms with E-state index in [-0.39, 0.29) is 44.8 Å². The topological polar surface area (TPSA) is 250 Å². The summed E-state index contributed by atoms with van der Waals surface area (Å²) in [6.07, 6.45) is 13.8. The summed E-state index contributed by atoms with van der Waals surface area (Å²) in [7, 11) is -21.3. The second-order valence-corrected chi connectivity index (χ2v) is 25.0. The van der Waals surface area contributed by atoms with Gasteiger partial charge in [0.1, 0.15) is 45.7 Å². The minimum Gasteiger partial charge on any atom is -0.254 e. The Labute approximate surface area is 653 Å². The van der Waals surface area contributed by atoms with Crippen molar-refractivity contribution in [2.75, 3.05) is 0 Å². The molecule has 0 aliphatic rings. The quantitative estimate of drug-likeness (QED) is 0.0258. The van der Waals surface area contributed by atoms with Crippen molar-refractivity contribution >= 4 is 61.3 Å². The van der Waals surface area contributed by atoms with Crippen LogP contribution in [0.1, 0.15) is 81.7 Å². The summed E-state index contributed by atoms with van der Waals surface area (Å²) in [5.74, 6) is 0. The van der Waals surface area contributed by atoms with E-state index in [1.807, 2.05) is 267 Å². The van der Waals surface area contributed by atoms with Crippen molar-refractivity contribution < 1.29 is 95.1 Å². The Morgan fingerprint density at radius 3 is 0.455 bits per heavy atom. The van der Waals surface area contributed by atoms with Crippen LogP contribution >= 0.6 is 15.6 Å². The van der Waals surface area contributed by atoms with Crippen LogP contribution in [0.4, 0.5) is 50.4 Å². The first-order valence-corrected chi connectivity index (χ1v) is 35.4. The molecule has 0 aliphatic heterocycles. The number of halogens is 12. The molecule has 0 fully saturated rings. The fourth-order valence-corrected chi connectivity index (χ4v) is 8.71. The fraction of sp³-hybridized carbons (Fsp3) is 0.0263. The SMILES string of the molecule is CC#N.CC#N.F[P-](F)(F)(F)(F)F.F[P-](F)(F)(F)(F)F.[Ag+].[Ag+].c1ccc(C(=N/N=C(c2ccccn2)c2ccccn2)/C(=N\N=C(c2ccccn2)c2ccccn2)c2ccccc2)cc1.c1ccc(C(=N/N=C(c2ccccn2)c2ccccn2)/C(=N\N=C(c2ccccn2)c2ccccn2)c2ccccc2)cc1. The van der Waals surface area contributed by atoms with Crippen LogP contribution in [0.15, 0.2) is 357 Å². The van der Waals surface area contributed by atoms with E-state index in [4.69, 9.17) is 51.3 Å². The van der Waals surface area contributed by atoms with Crippen molar-refractivity contribution in [1.82, 2.24) is 39.9 Å². The van der Waals surface area contributed by atoms with E-state index in [0.717, 1.165) is 22.3 Å². The Bertz CT molecular complexity index is 4380. The zero-order valence-corrected chi connectivity index (χ0v) is 61.9. The maximum absolute atomic E-state index is 10.7. The molecule has 18 nitrogen and oxygen atoms in total. The molecule has 8 aromatic heterocycles. The van der Waals surface area contributed by atoms with Gasteiger partial charge in [0.2, 0.25) is 0 Å². The van der Waals surface area contributed by atoms with Crippen LogP contribution in [0.25, 0.3) is 0 Å². The third-order valence-electron chi connectivity index (χ3n) is 12.9. The van der Waals surface area contributed by atoms with E-state index >= 15 is 0 Å². The fourth-order valence-electron chi connectivity index (χ4n) is 8.71. The van der Waals surface area contributed by atoms with Gasteiger partial charge in [-0.05, 0) is 97.1 Å². The first kappa shape index (κ1) is 88.5. The summed E-state index contributed by atoms with van der Waals surface area (Å²) in [6, 6.07) is 87.9. The molecule has 0 saturated heterocycles. The van der Waals surface area contributed by atoms with Crippen LogP contribution in [0.5, 0.6) is 0 Å². The number of benzene rings is 4. The summed E-state index contributed by atoms with van der Waals surface area (Å²) in [6.45, 7) is 2.86. The number of nitriles is 2. The largest absolute Gasteiger partial charge is 1.00 e. The van der Waals surface area contributed by atoms with Gasteiger partial charge in [0.25, 0.3) is 0 Å². The standard InChI is InChI=1S/2C36H26N8.2C2H3N.2Ag.2F6P/c2*1-3-15-27(16-4-1)33(41-43-35(29-19-7-11-23-37-29)30-20-8-12-24-38-30)34(28-17-5-2-6-18-28)42-44-36(31-21-9-13-25-39-31)32-22-10-14-26-40-32;2*1-2-3;;;2*1-7(2,3,4,5)6/h2*1-26H;2*1H3;;;;/q;;;;2*+1;2*-1/b2*41-33-,42-34-;;;;;;. The molecule has 0 saturated carbocycles. The number of aromatic nitrogens is 8. The average Bonchev–Trinajstić information content (AvgIpc) is 0.857. The number of hydrogen-bond donors (Lipinski definition) is 0. The Morgan fingerprint density at radius 2 is 0.345 bits per heavy atom. The van der Waals surface area contributed by atoms with Gasteiger partial charge < -0.3 is 0 Å². The molecule has 12 aromatic rings. The van der Waals surface area contributed by atoms with E-state index in [9.17, 15) is 50.4 Å². The molecule has 8 heterocycles. The van der Waals surface area contributed by atoms with Crippen LogP contribution < -0.4 is 0 Å². The van der Waals surface area contributed by atoms with Gasteiger partial charge in [-0.2, -0.15) is 10.5 Å².